The highest BCUT2D eigenvalue weighted by Gasteiger charge is 2.28. The van der Waals surface area contributed by atoms with E-state index in [0.717, 1.165) is 32.3 Å². The van der Waals surface area contributed by atoms with Crippen molar-refractivity contribution in [3.8, 4) is 0 Å². The summed E-state index contributed by atoms with van der Waals surface area (Å²) in [5.74, 6) is -1.24. The van der Waals surface area contributed by atoms with Gasteiger partial charge in [0.25, 0.3) is 0 Å². The second kappa shape index (κ2) is 6.75. The van der Waals surface area contributed by atoms with Crippen molar-refractivity contribution in [2.75, 3.05) is 26.2 Å². The van der Waals surface area contributed by atoms with Gasteiger partial charge in [-0.3, -0.25) is 4.79 Å². The molecule has 6 heteroatoms. The molecule has 2 aliphatic rings. The number of carboxylic acids is 1. The largest absolute Gasteiger partial charge is 0.481 e. The van der Waals surface area contributed by atoms with Gasteiger partial charge in [0.05, 0.1) is 12.0 Å². The molecule has 0 bridgehead atoms. The molecule has 6 nitrogen and oxygen atoms in total. The number of nitrogens with zero attached hydrogens (tertiary/aromatic N) is 1. The Morgan fingerprint density at radius 2 is 2.11 bits per heavy atom. The number of carboxylic acid groups (broad SMARTS) is 1. The number of nitrogens with one attached hydrogen (secondary N) is 1. The van der Waals surface area contributed by atoms with Gasteiger partial charge >= 0.3 is 12.0 Å². The zero-order valence-electron chi connectivity index (χ0n) is 11.1. The monoisotopic (exact) mass is 270 g/mol. The van der Waals surface area contributed by atoms with E-state index in [1.165, 1.54) is 0 Å². The van der Waals surface area contributed by atoms with Crippen LogP contribution in [0.25, 0.3) is 0 Å². The van der Waals surface area contributed by atoms with Crippen molar-refractivity contribution in [1.82, 2.24) is 10.2 Å². The van der Waals surface area contributed by atoms with Crippen LogP contribution in [0.4, 0.5) is 4.79 Å². The van der Waals surface area contributed by atoms with Crippen LogP contribution in [-0.2, 0) is 9.53 Å². The number of carbonyl (C=O) groups excluding carboxylic acids is 1. The van der Waals surface area contributed by atoms with Crippen molar-refractivity contribution >= 4 is 12.0 Å². The van der Waals surface area contributed by atoms with E-state index < -0.39 is 11.9 Å². The van der Waals surface area contributed by atoms with Crippen molar-refractivity contribution in [3.05, 3.63) is 0 Å². The van der Waals surface area contributed by atoms with Gasteiger partial charge in [0, 0.05) is 26.2 Å². The molecule has 19 heavy (non-hydrogen) atoms. The predicted octanol–water partition coefficient (Wildman–Crippen LogP) is 1.06. The molecule has 2 atom stereocenters. The molecule has 2 rings (SSSR count). The molecule has 2 N–H and O–H groups in total. The molecule has 108 valence electrons. The number of aliphatic carboxylic acids is 1. The highest BCUT2D eigenvalue weighted by atomic mass is 16.5. The smallest absolute Gasteiger partial charge is 0.317 e. The van der Waals surface area contributed by atoms with Crippen LogP contribution in [0.15, 0.2) is 0 Å². The first-order valence-corrected chi connectivity index (χ1v) is 7.04. The number of ether oxygens (including phenoxy) is 1. The third-order valence-electron chi connectivity index (χ3n) is 3.81. The Labute approximate surface area is 113 Å². The molecular formula is C13H22N2O4. The van der Waals surface area contributed by atoms with E-state index in [2.05, 4.69) is 5.32 Å². The molecule has 0 aromatic rings. The third-order valence-corrected chi connectivity index (χ3v) is 3.81. The SMILES string of the molecule is O=C(O)[C@@H]1CCCN(C(=O)NCC2CCCCO2)C1. The maximum atomic E-state index is 12.0. The van der Waals surface area contributed by atoms with E-state index >= 15 is 0 Å². The molecule has 0 aliphatic carbocycles. The zero-order valence-corrected chi connectivity index (χ0v) is 11.1. The number of rotatable bonds is 3. The summed E-state index contributed by atoms with van der Waals surface area (Å²) in [5.41, 5.74) is 0. The summed E-state index contributed by atoms with van der Waals surface area (Å²) in [6.45, 7) is 2.24. The van der Waals surface area contributed by atoms with Crippen LogP contribution < -0.4 is 5.32 Å². The molecule has 2 heterocycles. The third kappa shape index (κ3) is 4.09. The van der Waals surface area contributed by atoms with E-state index in [9.17, 15) is 9.59 Å². The molecule has 0 spiro atoms. The van der Waals surface area contributed by atoms with Gasteiger partial charge in [-0.15, -0.1) is 0 Å². The van der Waals surface area contributed by atoms with E-state index in [4.69, 9.17) is 9.84 Å². The molecular weight excluding hydrogens is 248 g/mol. The Kier molecular flexibility index (Phi) is 5.01. The van der Waals surface area contributed by atoms with Gasteiger partial charge in [0.1, 0.15) is 0 Å². The van der Waals surface area contributed by atoms with E-state index in [-0.39, 0.29) is 12.1 Å². The summed E-state index contributed by atoms with van der Waals surface area (Å²) in [5, 5.41) is 11.8. The van der Waals surface area contributed by atoms with E-state index in [1.54, 1.807) is 4.90 Å². The highest BCUT2D eigenvalue weighted by Crippen LogP contribution is 2.17. The summed E-state index contributed by atoms with van der Waals surface area (Å²) in [4.78, 5) is 24.5. The van der Waals surface area contributed by atoms with Crippen LogP contribution >= 0.6 is 0 Å². The minimum Gasteiger partial charge on any atom is -0.481 e. The molecule has 1 unspecified atom stereocenters. The van der Waals surface area contributed by atoms with E-state index in [1.807, 2.05) is 0 Å². The topological polar surface area (TPSA) is 78.9 Å². The van der Waals surface area contributed by atoms with Crippen molar-refractivity contribution in [2.45, 2.75) is 38.2 Å². The van der Waals surface area contributed by atoms with Crippen LogP contribution in [0.1, 0.15) is 32.1 Å². The minimum absolute atomic E-state index is 0.109. The first-order valence-electron chi connectivity index (χ1n) is 7.04. The Hall–Kier alpha value is -1.30. The minimum atomic E-state index is -0.812. The van der Waals surface area contributed by atoms with E-state index in [0.29, 0.717) is 26.1 Å². The highest BCUT2D eigenvalue weighted by molar-refractivity contribution is 5.76. The lowest BCUT2D eigenvalue weighted by Crippen LogP contribution is -2.48. The number of hydrogen-bond acceptors (Lipinski definition) is 3. The summed E-state index contributed by atoms with van der Waals surface area (Å²) < 4.78 is 5.55. The zero-order chi connectivity index (χ0) is 13.7. The quantitative estimate of drug-likeness (QED) is 0.803. The molecule has 2 saturated heterocycles. The molecule has 0 saturated carbocycles. The lowest BCUT2D eigenvalue weighted by Gasteiger charge is -2.31. The van der Waals surface area contributed by atoms with Gasteiger partial charge in [0.2, 0.25) is 0 Å². The summed E-state index contributed by atoms with van der Waals surface area (Å²) >= 11 is 0. The Bertz CT molecular complexity index is 329. The van der Waals surface area contributed by atoms with Gasteiger partial charge in [-0.2, -0.15) is 0 Å². The van der Waals surface area contributed by atoms with Crippen LogP contribution in [0.5, 0.6) is 0 Å². The lowest BCUT2D eigenvalue weighted by molar-refractivity contribution is -0.143. The van der Waals surface area contributed by atoms with Crippen molar-refractivity contribution in [1.29, 1.82) is 0 Å². The molecule has 0 aromatic heterocycles. The van der Waals surface area contributed by atoms with Crippen molar-refractivity contribution < 1.29 is 19.4 Å². The number of piperidine rings is 1. The second-order valence-corrected chi connectivity index (χ2v) is 5.30. The molecule has 2 amide bonds. The van der Waals surface area contributed by atoms with Gasteiger partial charge in [-0.1, -0.05) is 0 Å². The number of amides is 2. The Morgan fingerprint density at radius 1 is 1.26 bits per heavy atom. The molecule has 2 fully saturated rings. The van der Waals surface area contributed by atoms with Gasteiger partial charge in [-0.25, -0.2) is 4.79 Å². The van der Waals surface area contributed by atoms with Gasteiger partial charge < -0.3 is 20.1 Å². The Balaban J connectivity index is 1.74. The van der Waals surface area contributed by atoms with Crippen LogP contribution in [0.3, 0.4) is 0 Å². The number of hydrogen-bond donors (Lipinski definition) is 2. The van der Waals surface area contributed by atoms with Crippen molar-refractivity contribution in [2.24, 2.45) is 5.92 Å². The van der Waals surface area contributed by atoms with Crippen LogP contribution in [-0.4, -0.2) is 54.4 Å². The standard InChI is InChI=1S/C13H22N2O4/c16-12(17)10-4-3-6-15(9-10)13(18)14-8-11-5-1-2-7-19-11/h10-11H,1-9H2,(H,14,18)(H,16,17)/t10-,11?/m1/s1. The number of carbonyl (C=O) groups is 2. The predicted molar refractivity (Wildman–Crippen MR) is 68.9 cm³/mol. The molecule has 0 radical (unpaired) electrons. The second-order valence-electron chi connectivity index (χ2n) is 5.30. The average Bonchev–Trinajstić information content (AvgIpc) is 2.46. The Morgan fingerprint density at radius 3 is 2.79 bits per heavy atom. The van der Waals surface area contributed by atoms with Gasteiger partial charge in [-0.05, 0) is 32.1 Å². The summed E-state index contributed by atoms with van der Waals surface area (Å²) in [7, 11) is 0. The maximum absolute atomic E-state index is 12.0. The fourth-order valence-electron chi connectivity index (χ4n) is 2.64. The maximum Gasteiger partial charge on any atom is 0.317 e. The van der Waals surface area contributed by atoms with Crippen LogP contribution in [0.2, 0.25) is 0 Å². The molecule has 0 aromatic carbocycles. The summed E-state index contributed by atoms with van der Waals surface area (Å²) in [6, 6.07) is -0.167. The summed E-state index contributed by atoms with van der Waals surface area (Å²) in [6.07, 6.45) is 4.74. The first kappa shape index (κ1) is 14.1. The fourth-order valence-corrected chi connectivity index (χ4v) is 2.64. The van der Waals surface area contributed by atoms with Crippen LogP contribution in [0, 0.1) is 5.92 Å². The fraction of sp³-hybridized carbons (Fsp3) is 0.846. The normalized spacial score (nSPS) is 27.9. The van der Waals surface area contributed by atoms with Gasteiger partial charge in [0.15, 0.2) is 0 Å². The lowest BCUT2D eigenvalue weighted by atomic mass is 9.99. The average molecular weight is 270 g/mol. The number of urea groups is 1. The number of likely N-dealkylation sites (tertiary alicyclic amines) is 1. The first-order chi connectivity index (χ1) is 9.16. The molecule has 2 aliphatic heterocycles. The van der Waals surface area contributed by atoms with Crippen molar-refractivity contribution in [3.63, 3.8) is 0 Å².